The van der Waals surface area contributed by atoms with Crippen LogP contribution >= 0.6 is 0 Å². The number of benzene rings is 1. The number of ether oxygens (including phenoxy) is 2. The molecule has 0 radical (unpaired) electrons. The van der Waals surface area contributed by atoms with Gasteiger partial charge in [0.1, 0.15) is 5.57 Å². The SMILES string of the molecule is CCCCC(CC)CCOC(=O)/C(=C\c1ccc(CO)cc1)C(=O)OCC(CC)CCCC. The molecular weight excluding hydrogens is 416 g/mol. The third-order valence-electron chi connectivity index (χ3n) is 6.21. The molecule has 0 fully saturated rings. The number of carbonyl (C=O) groups excluding carboxylic acids is 2. The third kappa shape index (κ3) is 11.5. The summed E-state index contributed by atoms with van der Waals surface area (Å²) in [5.74, 6) is -0.469. The summed E-state index contributed by atoms with van der Waals surface area (Å²) in [6.07, 6.45) is 10.9. The summed E-state index contributed by atoms with van der Waals surface area (Å²) >= 11 is 0. The fourth-order valence-corrected chi connectivity index (χ4v) is 3.70. The molecule has 5 nitrogen and oxygen atoms in total. The van der Waals surface area contributed by atoms with Crippen LogP contribution in [0.15, 0.2) is 29.8 Å². The number of carbonyl (C=O) groups is 2. The van der Waals surface area contributed by atoms with Crippen LogP contribution in [0.5, 0.6) is 0 Å². The van der Waals surface area contributed by atoms with E-state index < -0.39 is 11.9 Å². The van der Waals surface area contributed by atoms with Gasteiger partial charge in [0.25, 0.3) is 0 Å². The molecule has 1 N–H and O–H groups in total. The minimum atomic E-state index is -0.641. The van der Waals surface area contributed by atoms with E-state index in [-0.39, 0.29) is 12.2 Å². The summed E-state index contributed by atoms with van der Waals surface area (Å²) in [6.45, 7) is 9.10. The second-order valence-corrected chi connectivity index (χ2v) is 8.81. The van der Waals surface area contributed by atoms with Crippen LogP contribution in [0.25, 0.3) is 6.08 Å². The fraction of sp³-hybridized carbons (Fsp3) is 0.643. The standard InChI is InChI=1S/C28H44O5/c1-5-9-11-22(7-3)17-18-32-27(30)26(19-24-13-15-25(20-29)16-14-24)28(31)33-21-23(8-4)12-10-6-2/h13-16,19,22-23,29H,5-12,17-18,20-21H2,1-4H3/b26-19+. The first kappa shape index (κ1) is 28.9. The lowest BCUT2D eigenvalue weighted by molar-refractivity contribution is -0.148. The summed E-state index contributed by atoms with van der Waals surface area (Å²) < 4.78 is 11.1. The highest BCUT2D eigenvalue weighted by Crippen LogP contribution is 2.19. The van der Waals surface area contributed by atoms with Crippen LogP contribution in [0.2, 0.25) is 0 Å². The van der Waals surface area contributed by atoms with Crippen molar-refractivity contribution in [3.05, 3.63) is 41.0 Å². The van der Waals surface area contributed by atoms with E-state index in [2.05, 4.69) is 27.7 Å². The number of aliphatic hydroxyl groups excluding tert-OH is 1. The van der Waals surface area contributed by atoms with Crippen molar-refractivity contribution in [2.24, 2.45) is 11.8 Å². The number of esters is 2. The van der Waals surface area contributed by atoms with Gasteiger partial charge in [0.05, 0.1) is 19.8 Å². The average Bonchev–Trinajstić information content (AvgIpc) is 2.84. The Balaban J connectivity index is 2.88. The topological polar surface area (TPSA) is 72.8 Å². The molecule has 0 saturated heterocycles. The molecule has 1 aromatic carbocycles. The highest BCUT2D eigenvalue weighted by molar-refractivity contribution is 6.17. The van der Waals surface area contributed by atoms with Crippen LogP contribution in [-0.4, -0.2) is 30.3 Å². The second kappa shape index (κ2) is 17.4. The molecule has 0 aliphatic rings. The molecule has 0 aromatic heterocycles. The highest BCUT2D eigenvalue weighted by atomic mass is 16.6. The normalized spacial score (nSPS) is 13.4. The number of rotatable bonds is 17. The highest BCUT2D eigenvalue weighted by Gasteiger charge is 2.23. The number of hydrogen-bond acceptors (Lipinski definition) is 5. The monoisotopic (exact) mass is 460 g/mol. The van der Waals surface area contributed by atoms with Gasteiger partial charge in [0.15, 0.2) is 0 Å². The Labute approximate surface area is 200 Å². The molecule has 2 unspecified atom stereocenters. The molecule has 0 aliphatic carbocycles. The zero-order valence-electron chi connectivity index (χ0n) is 21.1. The predicted octanol–water partition coefficient (Wildman–Crippen LogP) is 6.47. The van der Waals surface area contributed by atoms with E-state index in [1.165, 1.54) is 12.5 Å². The van der Waals surface area contributed by atoms with Crippen molar-refractivity contribution in [1.29, 1.82) is 0 Å². The van der Waals surface area contributed by atoms with Gasteiger partial charge in [0, 0.05) is 0 Å². The number of unbranched alkanes of at least 4 members (excludes halogenated alkanes) is 2. The van der Waals surface area contributed by atoms with Crippen molar-refractivity contribution < 1.29 is 24.2 Å². The third-order valence-corrected chi connectivity index (χ3v) is 6.21. The van der Waals surface area contributed by atoms with Crippen molar-refractivity contribution in [2.45, 2.75) is 92.1 Å². The van der Waals surface area contributed by atoms with Gasteiger partial charge in [-0.1, -0.05) is 96.9 Å². The van der Waals surface area contributed by atoms with Crippen LogP contribution in [0.4, 0.5) is 0 Å². The molecule has 2 atom stereocenters. The van der Waals surface area contributed by atoms with Gasteiger partial charge >= 0.3 is 11.9 Å². The van der Waals surface area contributed by atoms with Gasteiger partial charge in [0.2, 0.25) is 0 Å². The Hall–Kier alpha value is -2.14. The molecule has 0 heterocycles. The Morgan fingerprint density at radius 3 is 1.97 bits per heavy atom. The second-order valence-electron chi connectivity index (χ2n) is 8.81. The van der Waals surface area contributed by atoms with Gasteiger partial charge < -0.3 is 14.6 Å². The molecular formula is C28H44O5. The summed E-state index contributed by atoms with van der Waals surface area (Å²) in [6, 6.07) is 7.05. The van der Waals surface area contributed by atoms with E-state index in [1.54, 1.807) is 24.3 Å². The summed E-state index contributed by atoms with van der Waals surface area (Å²) in [5.41, 5.74) is 1.36. The Morgan fingerprint density at radius 1 is 0.848 bits per heavy atom. The van der Waals surface area contributed by atoms with Crippen LogP contribution < -0.4 is 0 Å². The summed E-state index contributed by atoms with van der Waals surface area (Å²) in [5, 5.41) is 9.25. The van der Waals surface area contributed by atoms with E-state index in [4.69, 9.17) is 9.47 Å². The maximum absolute atomic E-state index is 12.9. The Kier molecular flexibility index (Phi) is 15.2. The lowest BCUT2D eigenvalue weighted by Gasteiger charge is -2.16. The first-order valence-electron chi connectivity index (χ1n) is 12.7. The molecule has 0 saturated carbocycles. The molecule has 1 aromatic rings. The molecule has 186 valence electrons. The van der Waals surface area contributed by atoms with Gasteiger partial charge in [-0.15, -0.1) is 0 Å². The van der Waals surface area contributed by atoms with Crippen molar-refractivity contribution in [3.8, 4) is 0 Å². The van der Waals surface area contributed by atoms with E-state index in [9.17, 15) is 14.7 Å². The van der Waals surface area contributed by atoms with Crippen molar-refractivity contribution in [2.75, 3.05) is 13.2 Å². The largest absolute Gasteiger partial charge is 0.462 e. The summed E-state index contributed by atoms with van der Waals surface area (Å²) in [4.78, 5) is 25.7. The van der Waals surface area contributed by atoms with E-state index in [0.29, 0.717) is 30.6 Å². The predicted molar refractivity (Wildman–Crippen MR) is 133 cm³/mol. The molecule has 1 rings (SSSR count). The van der Waals surface area contributed by atoms with Crippen molar-refractivity contribution in [3.63, 3.8) is 0 Å². The zero-order chi connectivity index (χ0) is 24.5. The summed E-state index contributed by atoms with van der Waals surface area (Å²) in [7, 11) is 0. The maximum atomic E-state index is 12.9. The van der Waals surface area contributed by atoms with Gasteiger partial charge in [-0.3, -0.25) is 0 Å². The van der Waals surface area contributed by atoms with Gasteiger partial charge in [-0.05, 0) is 41.9 Å². The molecule has 33 heavy (non-hydrogen) atoms. The first-order chi connectivity index (χ1) is 16.0. The van der Waals surface area contributed by atoms with E-state index >= 15 is 0 Å². The van der Waals surface area contributed by atoms with Gasteiger partial charge in [-0.2, -0.15) is 0 Å². The molecule has 0 spiro atoms. The fourth-order valence-electron chi connectivity index (χ4n) is 3.70. The quantitative estimate of drug-likeness (QED) is 0.125. The minimum Gasteiger partial charge on any atom is -0.462 e. The average molecular weight is 461 g/mol. The van der Waals surface area contributed by atoms with E-state index in [0.717, 1.165) is 56.9 Å². The van der Waals surface area contributed by atoms with Gasteiger partial charge in [-0.25, -0.2) is 9.59 Å². The van der Waals surface area contributed by atoms with Crippen LogP contribution in [0.1, 0.15) is 96.6 Å². The molecule has 0 aliphatic heterocycles. The lowest BCUT2D eigenvalue weighted by atomic mass is 9.96. The van der Waals surface area contributed by atoms with Crippen molar-refractivity contribution in [1.82, 2.24) is 0 Å². The minimum absolute atomic E-state index is 0.0618. The molecule has 0 bridgehead atoms. The van der Waals surface area contributed by atoms with E-state index in [1.807, 2.05) is 0 Å². The smallest absolute Gasteiger partial charge is 0.345 e. The van der Waals surface area contributed by atoms with Crippen LogP contribution in [0.3, 0.4) is 0 Å². The first-order valence-corrected chi connectivity index (χ1v) is 12.7. The lowest BCUT2D eigenvalue weighted by Crippen LogP contribution is -2.22. The Morgan fingerprint density at radius 2 is 1.42 bits per heavy atom. The molecule has 5 heteroatoms. The number of aliphatic hydroxyl groups is 1. The van der Waals surface area contributed by atoms with Crippen LogP contribution in [-0.2, 0) is 25.7 Å². The molecule has 0 amide bonds. The van der Waals surface area contributed by atoms with Crippen LogP contribution in [0, 0.1) is 11.8 Å². The number of hydrogen-bond donors (Lipinski definition) is 1. The van der Waals surface area contributed by atoms with Crippen molar-refractivity contribution >= 4 is 18.0 Å². The Bertz CT molecular complexity index is 708. The zero-order valence-corrected chi connectivity index (χ0v) is 21.1. The maximum Gasteiger partial charge on any atom is 0.345 e.